The van der Waals surface area contributed by atoms with Crippen LogP contribution >= 0.6 is 35.6 Å². The van der Waals surface area contributed by atoms with Crippen molar-refractivity contribution >= 4 is 41.5 Å². The van der Waals surface area contributed by atoms with E-state index in [4.69, 9.17) is 28.9 Å². The Labute approximate surface area is 154 Å². The van der Waals surface area contributed by atoms with E-state index in [9.17, 15) is 4.79 Å². The Hall–Kier alpha value is -0.480. The fourth-order valence-electron chi connectivity index (χ4n) is 2.88. The van der Waals surface area contributed by atoms with Gasteiger partial charge in [-0.25, -0.2) is 0 Å². The van der Waals surface area contributed by atoms with Gasteiger partial charge in [-0.15, -0.1) is 12.4 Å². The Kier molecular flexibility index (Phi) is 7.66. The molecule has 1 aliphatic rings. The third-order valence-corrected chi connectivity index (χ3v) is 5.24. The van der Waals surface area contributed by atoms with Crippen molar-refractivity contribution in [2.24, 2.45) is 11.1 Å². The molecular weight excluding hydrogens is 355 g/mol. The van der Waals surface area contributed by atoms with E-state index in [1.54, 1.807) is 6.07 Å². The monoisotopic (exact) mass is 378 g/mol. The predicted octanol–water partition coefficient (Wildman–Crippen LogP) is 4.32. The molecule has 2 rings (SSSR count). The molecule has 23 heavy (non-hydrogen) atoms. The molecule has 1 aromatic carbocycles. The van der Waals surface area contributed by atoms with Gasteiger partial charge in [0.2, 0.25) is 5.91 Å². The normalized spacial score (nSPS) is 20.0. The van der Waals surface area contributed by atoms with Crippen molar-refractivity contribution in [3.05, 3.63) is 33.8 Å². The van der Waals surface area contributed by atoms with Crippen LogP contribution in [0.5, 0.6) is 0 Å². The average molecular weight is 380 g/mol. The molecule has 1 unspecified atom stereocenters. The maximum atomic E-state index is 12.3. The van der Waals surface area contributed by atoms with E-state index in [0.717, 1.165) is 37.9 Å². The molecule has 3 nitrogen and oxygen atoms in total. The minimum absolute atomic E-state index is 0. The lowest BCUT2D eigenvalue weighted by Crippen LogP contribution is -2.53. The first kappa shape index (κ1) is 20.6. The molecule has 130 valence electrons. The number of nitrogens with two attached hydrogens (primary N) is 1. The molecule has 0 spiro atoms. The summed E-state index contributed by atoms with van der Waals surface area (Å²) in [6.07, 6.45) is 3.09. The number of rotatable bonds is 4. The SMILES string of the molecule is CC1(C)CN(C(=O)CCCc2ccc(Cl)c(Cl)c2)CCC1N.Cl. The van der Waals surface area contributed by atoms with Crippen molar-refractivity contribution in [2.75, 3.05) is 13.1 Å². The predicted molar refractivity (Wildman–Crippen MR) is 99.6 cm³/mol. The summed E-state index contributed by atoms with van der Waals surface area (Å²) in [5.74, 6) is 0.222. The van der Waals surface area contributed by atoms with Gasteiger partial charge in [0.25, 0.3) is 0 Å². The molecule has 2 N–H and O–H groups in total. The second-order valence-corrected chi connectivity index (χ2v) is 7.62. The van der Waals surface area contributed by atoms with Crippen LogP contribution in [0, 0.1) is 5.41 Å². The van der Waals surface area contributed by atoms with E-state index in [2.05, 4.69) is 13.8 Å². The fourth-order valence-corrected chi connectivity index (χ4v) is 3.20. The number of carbonyl (C=O) groups excluding carboxylic acids is 1. The van der Waals surface area contributed by atoms with E-state index < -0.39 is 0 Å². The number of halogens is 3. The first-order chi connectivity index (χ1) is 10.3. The zero-order chi connectivity index (χ0) is 16.3. The molecule has 0 radical (unpaired) electrons. The molecule has 0 aliphatic carbocycles. The molecule has 0 bridgehead atoms. The van der Waals surface area contributed by atoms with E-state index >= 15 is 0 Å². The molecule has 1 saturated heterocycles. The Morgan fingerprint density at radius 1 is 1.35 bits per heavy atom. The van der Waals surface area contributed by atoms with Crippen LogP contribution in [0.15, 0.2) is 18.2 Å². The summed E-state index contributed by atoms with van der Waals surface area (Å²) in [5.41, 5.74) is 7.23. The van der Waals surface area contributed by atoms with Crippen LogP contribution in [-0.4, -0.2) is 29.9 Å². The second kappa shape index (κ2) is 8.57. The highest BCUT2D eigenvalue weighted by molar-refractivity contribution is 6.42. The Morgan fingerprint density at radius 3 is 2.65 bits per heavy atom. The van der Waals surface area contributed by atoms with E-state index in [0.29, 0.717) is 16.5 Å². The van der Waals surface area contributed by atoms with Gasteiger partial charge in [0.05, 0.1) is 10.0 Å². The quantitative estimate of drug-likeness (QED) is 0.846. The smallest absolute Gasteiger partial charge is 0.222 e. The summed E-state index contributed by atoms with van der Waals surface area (Å²) in [4.78, 5) is 14.3. The van der Waals surface area contributed by atoms with Crippen molar-refractivity contribution in [1.82, 2.24) is 4.90 Å². The highest BCUT2D eigenvalue weighted by Crippen LogP contribution is 2.28. The number of hydrogen-bond donors (Lipinski definition) is 1. The zero-order valence-electron chi connectivity index (χ0n) is 13.6. The van der Waals surface area contributed by atoms with Gasteiger partial charge >= 0.3 is 0 Å². The van der Waals surface area contributed by atoms with E-state index in [1.165, 1.54) is 0 Å². The summed E-state index contributed by atoms with van der Waals surface area (Å²) in [5, 5.41) is 1.13. The van der Waals surface area contributed by atoms with Crippen LogP contribution in [0.1, 0.15) is 38.7 Å². The molecule has 1 fully saturated rings. The van der Waals surface area contributed by atoms with Gasteiger partial charge in [0, 0.05) is 25.6 Å². The van der Waals surface area contributed by atoms with Crippen molar-refractivity contribution in [1.29, 1.82) is 0 Å². The largest absolute Gasteiger partial charge is 0.342 e. The number of nitrogens with zero attached hydrogens (tertiary/aromatic N) is 1. The Balaban J connectivity index is 0.00000264. The Morgan fingerprint density at radius 2 is 2.04 bits per heavy atom. The van der Waals surface area contributed by atoms with Crippen molar-refractivity contribution in [3.63, 3.8) is 0 Å². The van der Waals surface area contributed by atoms with Crippen LogP contribution < -0.4 is 5.73 Å². The molecule has 1 aliphatic heterocycles. The molecular formula is C17H25Cl3N2O. The van der Waals surface area contributed by atoms with Crippen molar-refractivity contribution < 1.29 is 4.79 Å². The Bertz CT molecular complexity index is 549. The minimum atomic E-state index is -0.00237. The third kappa shape index (κ3) is 5.53. The van der Waals surface area contributed by atoms with Gasteiger partial charge < -0.3 is 10.6 Å². The lowest BCUT2D eigenvalue weighted by Gasteiger charge is -2.42. The summed E-state index contributed by atoms with van der Waals surface area (Å²) in [6, 6.07) is 5.81. The van der Waals surface area contributed by atoms with Crippen LogP contribution in [0.25, 0.3) is 0 Å². The molecule has 0 aromatic heterocycles. The number of aryl methyl sites for hydroxylation is 1. The number of likely N-dealkylation sites (tertiary alicyclic amines) is 1. The average Bonchev–Trinajstić information content (AvgIpc) is 2.45. The lowest BCUT2D eigenvalue weighted by atomic mass is 9.79. The van der Waals surface area contributed by atoms with Crippen molar-refractivity contribution in [2.45, 2.75) is 45.6 Å². The summed E-state index contributed by atoms with van der Waals surface area (Å²) in [7, 11) is 0. The topological polar surface area (TPSA) is 46.3 Å². The van der Waals surface area contributed by atoms with Gasteiger partial charge in [-0.3, -0.25) is 4.79 Å². The number of amides is 1. The number of piperidine rings is 1. The van der Waals surface area contributed by atoms with Crippen LogP contribution in [0.4, 0.5) is 0 Å². The van der Waals surface area contributed by atoms with E-state index in [-0.39, 0.29) is 29.8 Å². The minimum Gasteiger partial charge on any atom is -0.342 e. The summed E-state index contributed by atoms with van der Waals surface area (Å²) in [6.45, 7) is 5.79. The van der Waals surface area contributed by atoms with Gasteiger partial charge in [-0.05, 0) is 42.4 Å². The fraction of sp³-hybridized carbons (Fsp3) is 0.588. The summed E-state index contributed by atoms with van der Waals surface area (Å²) >= 11 is 11.9. The zero-order valence-corrected chi connectivity index (χ0v) is 16.0. The third-order valence-electron chi connectivity index (χ3n) is 4.50. The number of hydrogen-bond acceptors (Lipinski definition) is 2. The van der Waals surface area contributed by atoms with Gasteiger partial charge in [0.1, 0.15) is 0 Å². The first-order valence-electron chi connectivity index (χ1n) is 7.77. The van der Waals surface area contributed by atoms with Crippen LogP contribution in [-0.2, 0) is 11.2 Å². The highest BCUT2D eigenvalue weighted by Gasteiger charge is 2.34. The second-order valence-electron chi connectivity index (χ2n) is 6.80. The molecule has 1 atom stereocenters. The lowest BCUT2D eigenvalue weighted by molar-refractivity contribution is -0.134. The highest BCUT2D eigenvalue weighted by atomic mass is 35.5. The molecule has 0 saturated carbocycles. The van der Waals surface area contributed by atoms with E-state index in [1.807, 2.05) is 17.0 Å². The first-order valence-corrected chi connectivity index (χ1v) is 8.52. The maximum Gasteiger partial charge on any atom is 0.222 e. The van der Waals surface area contributed by atoms with Gasteiger partial charge in [0.15, 0.2) is 0 Å². The standard InChI is InChI=1S/C17H24Cl2N2O.ClH/c1-17(2)11-21(9-8-15(17)20)16(22)5-3-4-12-6-7-13(18)14(19)10-12;/h6-7,10,15H,3-5,8-9,11,20H2,1-2H3;1H. The number of benzene rings is 1. The maximum absolute atomic E-state index is 12.3. The van der Waals surface area contributed by atoms with Crippen LogP contribution in [0.2, 0.25) is 10.0 Å². The molecule has 1 aromatic rings. The molecule has 6 heteroatoms. The molecule has 1 amide bonds. The van der Waals surface area contributed by atoms with Gasteiger partial charge in [-0.2, -0.15) is 0 Å². The molecule has 1 heterocycles. The van der Waals surface area contributed by atoms with Gasteiger partial charge in [-0.1, -0.05) is 43.1 Å². The van der Waals surface area contributed by atoms with Crippen LogP contribution in [0.3, 0.4) is 0 Å². The number of carbonyl (C=O) groups is 1. The van der Waals surface area contributed by atoms with Crippen molar-refractivity contribution in [3.8, 4) is 0 Å². The summed E-state index contributed by atoms with van der Waals surface area (Å²) < 4.78 is 0.